The van der Waals surface area contributed by atoms with Gasteiger partial charge in [-0.15, -0.1) is 0 Å². The third-order valence-electron chi connectivity index (χ3n) is 1.65. The van der Waals surface area contributed by atoms with Crippen LogP contribution in [0.5, 0.6) is 5.75 Å². The fourth-order valence-electron chi connectivity index (χ4n) is 1.11. The first-order valence-electron chi connectivity index (χ1n) is 3.82. The van der Waals surface area contributed by atoms with Crippen LogP contribution in [0, 0.1) is 10.1 Å². The van der Waals surface area contributed by atoms with Crippen molar-refractivity contribution in [1.29, 1.82) is 0 Å². The Morgan fingerprint density at radius 2 is 2.00 bits per heavy atom. The Kier molecular flexibility index (Phi) is 2.83. The molecular weight excluding hydrogens is 215 g/mol. The molecule has 7 heteroatoms. The normalized spacial score (nSPS) is 11.4. The molecule has 0 aliphatic heterocycles. The number of halogens is 3. The van der Waals surface area contributed by atoms with Crippen molar-refractivity contribution in [2.45, 2.75) is 12.6 Å². The van der Waals surface area contributed by atoms with Crippen LogP contribution in [0.2, 0.25) is 0 Å². The van der Waals surface area contributed by atoms with Gasteiger partial charge in [0.25, 0.3) is 5.69 Å². The summed E-state index contributed by atoms with van der Waals surface area (Å²) in [5.74, 6) is -0.431. The van der Waals surface area contributed by atoms with E-state index in [9.17, 15) is 23.3 Å². The van der Waals surface area contributed by atoms with E-state index in [0.717, 1.165) is 18.2 Å². The van der Waals surface area contributed by atoms with Gasteiger partial charge in [-0.2, -0.15) is 13.2 Å². The van der Waals surface area contributed by atoms with Crippen LogP contribution in [0.4, 0.5) is 18.9 Å². The minimum Gasteiger partial charge on any atom is -0.508 e. The largest absolute Gasteiger partial charge is 0.508 e. The summed E-state index contributed by atoms with van der Waals surface area (Å²) in [5, 5.41) is 19.3. The van der Waals surface area contributed by atoms with Gasteiger partial charge < -0.3 is 5.11 Å². The highest BCUT2D eigenvalue weighted by Crippen LogP contribution is 2.29. The fourth-order valence-corrected chi connectivity index (χ4v) is 1.11. The summed E-state index contributed by atoms with van der Waals surface area (Å²) in [7, 11) is 0. The minimum absolute atomic E-state index is 0.431. The number of nitrogens with zero attached hydrogens (tertiary/aromatic N) is 1. The number of rotatable bonds is 2. The molecule has 0 aliphatic carbocycles. The average molecular weight is 221 g/mol. The number of hydrogen-bond acceptors (Lipinski definition) is 3. The molecule has 1 N–H and O–H groups in total. The number of hydrogen-bond donors (Lipinski definition) is 1. The van der Waals surface area contributed by atoms with E-state index in [4.69, 9.17) is 5.11 Å². The highest BCUT2D eigenvalue weighted by molar-refractivity contribution is 5.45. The van der Waals surface area contributed by atoms with Crippen LogP contribution in [0.3, 0.4) is 0 Å². The topological polar surface area (TPSA) is 63.4 Å². The zero-order valence-corrected chi connectivity index (χ0v) is 7.28. The molecule has 1 aromatic carbocycles. The van der Waals surface area contributed by atoms with E-state index >= 15 is 0 Å². The van der Waals surface area contributed by atoms with Crippen molar-refractivity contribution in [1.82, 2.24) is 0 Å². The predicted molar refractivity (Wildman–Crippen MR) is 44.5 cm³/mol. The second kappa shape index (κ2) is 3.76. The number of benzene rings is 1. The van der Waals surface area contributed by atoms with Gasteiger partial charge in [-0.3, -0.25) is 10.1 Å². The summed E-state index contributed by atoms with van der Waals surface area (Å²) in [6, 6.07) is 2.56. The summed E-state index contributed by atoms with van der Waals surface area (Å²) in [6.07, 6.45) is -5.98. The van der Waals surface area contributed by atoms with Crippen molar-refractivity contribution in [2.24, 2.45) is 0 Å². The molecule has 4 nitrogen and oxygen atoms in total. The van der Waals surface area contributed by atoms with Crippen molar-refractivity contribution in [3.63, 3.8) is 0 Å². The first kappa shape index (κ1) is 11.3. The number of nitro groups is 1. The van der Waals surface area contributed by atoms with Crippen LogP contribution < -0.4 is 0 Å². The first-order valence-corrected chi connectivity index (χ1v) is 3.82. The molecule has 0 spiro atoms. The Morgan fingerprint density at radius 3 is 2.47 bits per heavy atom. The van der Waals surface area contributed by atoms with Crippen LogP contribution in [0.25, 0.3) is 0 Å². The average Bonchev–Trinajstić information content (AvgIpc) is 1.99. The van der Waals surface area contributed by atoms with Crippen LogP contribution in [-0.4, -0.2) is 16.2 Å². The van der Waals surface area contributed by atoms with Gasteiger partial charge in [0, 0.05) is 11.6 Å². The molecule has 0 saturated carbocycles. The van der Waals surface area contributed by atoms with Gasteiger partial charge in [0.2, 0.25) is 0 Å². The zero-order valence-electron chi connectivity index (χ0n) is 7.28. The van der Waals surface area contributed by atoms with Crippen LogP contribution in [0.1, 0.15) is 5.56 Å². The molecule has 0 atom stereocenters. The second-order valence-corrected chi connectivity index (χ2v) is 2.86. The number of phenols is 1. The Morgan fingerprint density at radius 1 is 1.40 bits per heavy atom. The molecule has 1 rings (SSSR count). The van der Waals surface area contributed by atoms with Gasteiger partial charge >= 0.3 is 6.18 Å². The predicted octanol–water partition coefficient (Wildman–Crippen LogP) is 2.41. The molecule has 1 aromatic rings. The third-order valence-corrected chi connectivity index (χ3v) is 1.65. The van der Waals surface area contributed by atoms with Gasteiger partial charge in [-0.1, -0.05) is 0 Å². The summed E-state index contributed by atoms with van der Waals surface area (Å²) in [4.78, 5) is 9.46. The fraction of sp³-hybridized carbons (Fsp3) is 0.250. The van der Waals surface area contributed by atoms with Crippen LogP contribution in [-0.2, 0) is 6.42 Å². The van der Waals surface area contributed by atoms with E-state index in [-0.39, 0.29) is 0 Å². The second-order valence-electron chi connectivity index (χ2n) is 2.86. The van der Waals surface area contributed by atoms with Gasteiger partial charge in [-0.05, 0) is 12.1 Å². The van der Waals surface area contributed by atoms with E-state index in [2.05, 4.69) is 0 Å². The quantitative estimate of drug-likeness (QED) is 0.616. The Labute approximate surface area is 82.1 Å². The standard InChI is InChI=1S/C8H6F3NO3/c9-8(10,11)4-5-3-6(13)1-2-7(5)12(14)15/h1-3,13H,4H2. The lowest BCUT2D eigenvalue weighted by atomic mass is 10.1. The molecule has 0 bridgehead atoms. The molecule has 0 amide bonds. The number of aromatic hydroxyl groups is 1. The molecule has 0 unspecified atom stereocenters. The highest BCUT2D eigenvalue weighted by Gasteiger charge is 2.31. The molecule has 0 aromatic heterocycles. The molecule has 15 heavy (non-hydrogen) atoms. The summed E-state index contributed by atoms with van der Waals surface area (Å²) >= 11 is 0. The molecule has 82 valence electrons. The summed E-state index contributed by atoms with van der Waals surface area (Å²) in [6.45, 7) is 0. The van der Waals surface area contributed by atoms with Gasteiger partial charge in [0.1, 0.15) is 5.75 Å². The van der Waals surface area contributed by atoms with Crippen LogP contribution >= 0.6 is 0 Å². The Hall–Kier alpha value is -1.79. The lowest BCUT2D eigenvalue weighted by Crippen LogP contribution is -2.12. The van der Waals surface area contributed by atoms with Gasteiger partial charge in [-0.25, -0.2) is 0 Å². The van der Waals surface area contributed by atoms with E-state index in [1.54, 1.807) is 0 Å². The lowest BCUT2D eigenvalue weighted by Gasteiger charge is -2.06. The Balaban J connectivity index is 3.13. The first-order chi connectivity index (χ1) is 6.79. The van der Waals surface area contributed by atoms with E-state index < -0.39 is 34.5 Å². The van der Waals surface area contributed by atoms with Crippen molar-refractivity contribution in [2.75, 3.05) is 0 Å². The SMILES string of the molecule is O=[N+]([O-])c1ccc(O)cc1CC(F)(F)F. The van der Waals surface area contributed by atoms with Crippen molar-refractivity contribution in [3.8, 4) is 5.75 Å². The monoisotopic (exact) mass is 221 g/mol. The maximum Gasteiger partial charge on any atom is 0.393 e. The summed E-state index contributed by atoms with van der Waals surface area (Å²) in [5.41, 5.74) is -1.20. The maximum atomic E-state index is 12.0. The molecule has 0 fully saturated rings. The highest BCUT2D eigenvalue weighted by atomic mass is 19.4. The van der Waals surface area contributed by atoms with Crippen molar-refractivity contribution in [3.05, 3.63) is 33.9 Å². The number of alkyl halides is 3. The number of phenolic OH excluding ortho intramolecular Hbond substituents is 1. The smallest absolute Gasteiger partial charge is 0.393 e. The summed E-state index contributed by atoms with van der Waals surface area (Å²) < 4.78 is 36.0. The van der Waals surface area contributed by atoms with E-state index in [1.165, 1.54) is 0 Å². The molecule has 0 radical (unpaired) electrons. The molecule has 0 saturated heterocycles. The molecule has 0 heterocycles. The number of nitro benzene ring substituents is 1. The van der Waals surface area contributed by atoms with Crippen molar-refractivity contribution < 1.29 is 23.2 Å². The van der Waals surface area contributed by atoms with E-state index in [1.807, 2.05) is 0 Å². The minimum atomic E-state index is -4.54. The van der Waals surface area contributed by atoms with E-state index in [0.29, 0.717) is 0 Å². The molecule has 0 aliphatic rings. The van der Waals surface area contributed by atoms with Gasteiger partial charge in [0.05, 0.1) is 11.3 Å². The van der Waals surface area contributed by atoms with Gasteiger partial charge in [0.15, 0.2) is 0 Å². The Bertz CT molecular complexity index is 389. The third kappa shape index (κ3) is 3.12. The maximum absolute atomic E-state index is 12.0. The zero-order chi connectivity index (χ0) is 11.6. The lowest BCUT2D eigenvalue weighted by molar-refractivity contribution is -0.386. The molecular formula is C8H6F3NO3. The van der Waals surface area contributed by atoms with Crippen molar-refractivity contribution >= 4 is 5.69 Å². The van der Waals surface area contributed by atoms with Crippen LogP contribution in [0.15, 0.2) is 18.2 Å².